The van der Waals surface area contributed by atoms with Gasteiger partial charge in [-0.15, -0.1) is 0 Å². The SMILES string of the molecule is CNCCN(C)CCn1cnc(CCOS(N)(=O)=O)c1[N+](=O)[O-]. The zero-order valence-electron chi connectivity index (χ0n) is 13.1. The van der Waals surface area contributed by atoms with Gasteiger partial charge in [0, 0.05) is 26.1 Å². The van der Waals surface area contributed by atoms with E-state index in [9.17, 15) is 18.5 Å². The predicted octanol–water partition coefficient (Wildman–Crippen LogP) is -1.29. The summed E-state index contributed by atoms with van der Waals surface area (Å²) in [6.45, 7) is 2.36. The maximum absolute atomic E-state index is 11.2. The minimum Gasteiger partial charge on any atom is -0.358 e. The highest BCUT2D eigenvalue weighted by molar-refractivity contribution is 7.84. The molecule has 0 aliphatic heterocycles. The van der Waals surface area contributed by atoms with Gasteiger partial charge in [-0.1, -0.05) is 0 Å². The normalized spacial score (nSPS) is 12.0. The Morgan fingerprint density at radius 2 is 2.22 bits per heavy atom. The Morgan fingerprint density at radius 3 is 2.78 bits per heavy atom. The van der Waals surface area contributed by atoms with E-state index < -0.39 is 15.2 Å². The highest BCUT2D eigenvalue weighted by Crippen LogP contribution is 2.18. The fraction of sp³-hybridized carbons (Fsp3) is 0.727. The average Bonchev–Trinajstić information content (AvgIpc) is 2.84. The zero-order chi connectivity index (χ0) is 17.5. The van der Waals surface area contributed by atoms with Gasteiger partial charge in [0.2, 0.25) is 0 Å². The number of nitrogens with two attached hydrogens (primary N) is 1. The highest BCUT2D eigenvalue weighted by atomic mass is 32.2. The van der Waals surface area contributed by atoms with Crippen LogP contribution in [0.15, 0.2) is 6.33 Å². The first-order valence-corrected chi connectivity index (χ1v) is 8.40. The van der Waals surface area contributed by atoms with E-state index >= 15 is 0 Å². The third kappa shape index (κ3) is 7.00. The van der Waals surface area contributed by atoms with Crippen molar-refractivity contribution in [3.05, 3.63) is 22.1 Å². The Kier molecular flexibility index (Phi) is 7.51. The number of rotatable bonds is 11. The Balaban J connectivity index is 2.68. The van der Waals surface area contributed by atoms with Gasteiger partial charge in [-0.25, -0.2) is 14.7 Å². The van der Waals surface area contributed by atoms with Gasteiger partial charge < -0.3 is 20.3 Å². The van der Waals surface area contributed by atoms with E-state index in [1.165, 1.54) is 10.9 Å². The molecular formula is C11H22N6O5S. The van der Waals surface area contributed by atoms with Crippen molar-refractivity contribution in [3.63, 3.8) is 0 Å². The average molecular weight is 350 g/mol. The quantitative estimate of drug-likeness (QED) is 0.370. The number of likely N-dealkylation sites (N-methyl/N-ethyl adjacent to an activating group) is 2. The van der Waals surface area contributed by atoms with Crippen molar-refractivity contribution in [2.75, 3.05) is 40.3 Å². The summed E-state index contributed by atoms with van der Waals surface area (Å²) >= 11 is 0. The molecule has 3 N–H and O–H groups in total. The lowest BCUT2D eigenvalue weighted by atomic mass is 10.3. The van der Waals surface area contributed by atoms with E-state index in [1.807, 2.05) is 19.0 Å². The van der Waals surface area contributed by atoms with E-state index in [1.54, 1.807) is 0 Å². The number of nitro groups is 1. The van der Waals surface area contributed by atoms with Crippen LogP contribution < -0.4 is 10.5 Å². The monoisotopic (exact) mass is 350 g/mol. The first-order valence-electron chi connectivity index (χ1n) is 6.93. The van der Waals surface area contributed by atoms with Crippen LogP contribution in [0.4, 0.5) is 5.82 Å². The van der Waals surface area contributed by atoms with Gasteiger partial charge in [-0.2, -0.15) is 8.42 Å². The zero-order valence-corrected chi connectivity index (χ0v) is 14.0. The molecule has 0 spiro atoms. The number of hydrogen-bond donors (Lipinski definition) is 2. The molecule has 0 atom stereocenters. The third-order valence-electron chi connectivity index (χ3n) is 3.11. The van der Waals surface area contributed by atoms with Crippen LogP contribution in [0.3, 0.4) is 0 Å². The number of nitrogens with zero attached hydrogens (tertiary/aromatic N) is 4. The molecule has 0 saturated heterocycles. The maximum atomic E-state index is 11.2. The van der Waals surface area contributed by atoms with Crippen LogP contribution in [-0.4, -0.2) is 68.1 Å². The predicted molar refractivity (Wildman–Crippen MR) is 83.1 cm³/mol. The van der Waals surface area contributed by atoms with E-state index in [-0.39, 0.29) is 24.5 Å². The molecule has 0 aliphatic rings. The Bertz CT molecular complexity index is 616. The minimum atomic E-state index is -4.07. The van der Waals surface area contributed by atoms with E-state index in [4.69, 9.17) is 5.14 Å². The van der Waals surface area contributed by atoms with Crippen molar-refractivity contribution in [1.29, 1.82) is 0 Å². The summed E-state index contributed by atoms with van der Waals surface area (Å²) in [5.41, 5.74) is 0.163. The van der Waals surface area contributed by atoms with Gasteiger partial charge in [-0.05, 0) is 19.0 Å². The minimum absolute atomic E-state index is 0.0185. The summed E-state index contributed by atoms with van der Waals surface area (Å²) in [6.07, 6.45) is 1.35. The summed E-state index contributed by atoms with van der Waals surface area (Å²) in [6, 6.07) is 0. The largest absolute Gasteiger partial charge is 0.358 e. The Labute approximate surface area is 134 Å². The molecule has 0 aromatic carbocycles. The van der Waals surface area contributed by atoms with Crippen LogP contribution in [0.25, 0.3) is 0 Å². The van der Waals surface area contributed by atoms with Crippen molar-refractivity contribution < 1.29 is 17.5 Å². The molecule has 0 fully saturated rings. The topological polar surface area (TPSA) is 146 Å². The van der Waals surface area contributed by atoms with Crippen molar-refractivity contribution in [3.8, 4) is 0 Å². The van der Waals surface area contributed by atoms with Crippen LogP contribution in [0, 0.1) is 10.1 Å². The Morgan fingerprint density at radius 1 is 1.52 bits per heavy atom. The van der Waals surface area contributed by atoms with Crippen molar-refractivity contribution in [1.82, 2.24) is 19.8 Å². The molecule has 0 bridgehead atoms. The number of nitrogens with one attached hydrogen (secondary N) is 1. The standard InChI is InChI=1S/C11H22N6O5S/c1-13-4-5-15(2)6-7-16-9-14-10(11(16)17(18)19)3-8-22-23(12,20)21/h9,13H,3-8H2,1-2H3,(H2,12,20,21). The van der Waals surface area contributed by atoms with Crippen molar-refractivity contribution in [2.24, 2.45) is 5.14 Å². The second kappa shape index (κ2) is 8.88. The van der Waals surface area contributed by atoms with Crippen LogP contribution in [0.2, 0.25) is 0 Å². The number of aromatic nitrogens is 2. The van der Waals surface area contributed by atoms with Gasteiger partial charge in [-0.3, -0.25) is 4.18 Å². The van der Waals surface area contributed by atoms with Crippen LogP contribution >= 0.6 is 0 Å². The molecule has 23 heavy (non-hydrogen) atoms. The molecule has 132 valence electrons. The molecule has 1 aromatic heterocycles. The molecule has 1 aromatic rings. The maximum Gasteiger partial charge on any atom is 0.346 e. The van der Waals surface area contributed by atoms with Crippen LogP contribution in [0.1, 0.15) is 5.69 Å². The van der Waals surface area contributed by atoms with E-state index in [0.29, 0.717) is 13.1 Å². The molecule has 0 unspecified atom stereocenters. The summed E-state index contributed by atoms with van der Waals surface area (Å²) in [4.78, 5) is 16.7. The first kappa shape index (κ1) is 19.4. The molecule has 0 radical (unpaired) electrons. The summed E-state index contributed by atoms with van der Waals surface area (Å²) < 4.78 is 27.2. The van der Waals surface area contributed by atoms with Gasteiger partial charge in [0.15, 0.2) is 6.33 Å². The molecule has 12 heteroatoms. The van der Waals surface area contributed by atoms with Crippen LogP contribution in [-0.2, 0) is 27.5 Å². The van der Waals surface area contributed by atoms with Gasteiger partial charge >= 0.3 is 16.1 Å². The fourth-order valence-electron chi connectivity index (χ4n) is 1.92. The summed E-state index contributed by atoms with van der Waals surface area (Å²) in [5.74, 6) is -0.162. The smallest absolute Gasteiger partial charge is 0.346 e. The second-order valence-corrected chi connectivity index (χ2v) is 6.16. The number of imidazole rings is 1. The van der Waals surface area contributed by atoms with E-state index in [0.717, 1.165) is 13.1 Å². The fourth-order valence-corrected chi connectivity index (χ4v) is 2.23. The molecule has 11 nitrogen and oxygen atoms in total. The molecule has 0 saturated carbocycles. The second-order valence-electron chi connectivity index (χ2n) is 4.94. The highest BCUT2D eigenvalue weighted by Gasteiger charge is 2.22. The Hall–Kier alpha value is -1.60. The van der Waals surface area contributed by atoms with Gasteiger partial charge in [0.1, 0.15) is 12.2 Å². The van der Waals surface area contributed by atoms with Gasteiger partial charge in [0.05, 0.1) is 6.61 Å². The first-order chi connectivity index (χ1) is 10.7. The van der Waals surface area contributed by atoms with Gasteiger partial charge in [0.25, 0.3) is 0 Å². The lowest BCUT2D eigenvalue weighted by Crippen LogP contribution is -2.30. The van der Waals surface area contributed by atoms with Crippen molar-refractivity contribution >= 4 is 16.1 Å². The summed E-state index contributed by atoms with van der Waals surface area (Å²) in [5, 5.41) is 18.9. The number of hydrogen-bond acceptors (Lipinski definition) is 8. The molecular weight excluding hydrogens is 328 g/mol. The molecule has 0 aliphatic carbocycles. The van der Waals surface area contributed by atoms with Crippen molar-refractivity contribution in [2.45, 2.75) is 13.0 Å². The molecule has 0 amide bonds. The van der Waals surface area contributed by atoms with E-state index in [2.05, 4.69) is 14.5 Å². The third-order valence-corrected chi connectivity index (χ3v) is 3.60. The lowest BCUT2D eigenvalue weighted by molar-refractivity contribution is -0.392. The summed E-state index contributed by atoms with van der Waals surface area (Å²) in [7, 11) is -0.299. The molecule has 1 rings (SSSR count). The van der Waals surface area contributed by atoms with Crippen LogP contribution in [0.5, 0.6) is 0 Å². The molecule has 1 heterocycles. The lowest BCUT2D eigenvalue weighted by Gasteiger charge is -2.15.